The Morgan fingerprint density at radius 1 is 1.19 bits per heavy atom. The van der Waals surface area contributed by atoms with Gasteiger partial charge in [-0.25, -0.2) is 4.79 Å². The first-order chi connectivity index (χ1) is 9.95. The van der Waals surface area contributed by atoms with Gasteiger partial charge in [0.1, 0.15) is 6.10 Å². The quantitative estimate of drug-likeness (QED) is 0.583. The number of hydrogen-bond acceptors (Lipinski definition) is 2. The van der Waals surface area contributed by atoms with Crippen LogP contribution < -0.4 is 0 Å². The minimum atomic E-state index is -4.93. The van der Waals surface area contributed by atoms with Crippen LogP contribution in [0.3, 0.4) is 0 Å². The van der Waals surface area contributed by atoms with E-state index in [9.17, 15) is 18.0 Å². The van der Waals surface area contributed by atoms with Crippen LogP contribution >= 0.6 is 0 Å². The summed E-state index contributed by atoms with van der Waals surface area (Å²) in [5.74, 6) is 3.92. The van der Waals surface area contributed by atoms with E-state index in [4.69, 9.17) is 0 Å². The van der Waals surface area contributed by atoms with Gasteiger partial charge in [-0.05, 0) is 37.8 Å². The smallest absolute Gasteiger partial charge is 0.456 e. The molecule has 0 saturated heterocycles. The van der Waals surface area contributed by atoms with Crippen molar-refractivity contribution in [2.75, 3.05) is 0 Å². The maximum absolute atomic E-state index is 12.2. The Morgan fingerprint density at radius 2 is 1.90 bits per heavy atom. The molecule has 2 nitrogen and oxygen atoms in total. The van der Waals surface area contributed by atoms with Crippen molar-refractivity contribution in [3.05, 3.63) is 35.9 Å². The summed E-state index contributed by atoms with van der Waals surface area (Å²) in [6, 6.07) is 9.38. The fraction of sp³-hybridized carbons (Fsp3) is 0.438. The van der Waals surface area contributed by atoms with Gasteiger partial charge in [0.05, 0.1) is 0 Å². The zero-order chi connectivity index (χ0) is 15.3. The van der Waals surface area contributed by atoms with Crippen molar-refractivity contribution < 1.29 is 22.7 Å². The SMILES string of the molecule is O=C(OC1CCCC(C#Cc2ccccc2)C1)C(F)(F)F. The molecular weight excluding hydrogens is 281 g/mol. The third kappa shape index (κ3) is 4.82. The van der Waals surface area contributed by atoms with Gasteiger partial charge in [-0.15, -0.1) is 0 Å². The number of ether oxygens (including phenoxy) is 1. The molecule has 1 aliphatic carbocycles. The molecule has 0 radical (unpaired) electrons. The zero-order valence-electron chi connectivity index (χ0n) is 11.3. The highest BCUT2D eigenvalue weighted by Crippen LogP contribution is 2.28. The first-order valence-corrected chi connectivity index (χ1v) is 6.79. The Balaban J connectivity index is 1.93. The number of alkyl halides is 3. The second-order valence-corrected chi connectivity index (χ2v) is 5.02. The molecule has 0 heterocycles. The van der Waals surface area contributed by atoms with Gasteiger partial charge in [-0.3, -0.25) is 0 Å². The minimum absolute atomic E-state index is 0.0370. The lowest BCUT2D eigenvalue weighted by Gasteiger charge is -2.26. The largest absolute Gasteiger partial charge is 0.490 e. The van der Waals surface area contributed by atoms with Crippen molar-refractivity contribution in [2.45, 2.75) is 38.0 Å². The van der Waals surface area contributed by atoms with Gasteiger partial charge in [-0.2, -0.15) is 13.2 Å². The number of carbonyl (C=O) groups is 1. The molecule has 21 heavy (non-hydrogen) atoms. The number of hydrogen-bond donors (Lipinski definition) is 0. The molecule has 2 unspecified atom stereocenters. The average Bonchev–Trinajstić information content (AvgIpc) is 2.46. The van der Waals surface area contributed by atoms with E-state index in [0.29, 0.717) is 19.3 Å². The number of rotatable bonds is 1. The molecule has 1 saturated carbocycles. The molecule has 0 aromatic heterocycles. The van der Waals surface area contributed by atoms with Gasteiger partial charge < -0.3 is 4.74 Å². The Morgan fingerprint density at radius 3 is 2.57 bits per heavy atom. The van der Waals surface area contributed by atoms with Crippen LogP contribution in [-0.2, 0) is 9.53 Å². The van der Waals surface area contributed by atoms with Crippen LogP contribution in [0.5, 0.6) is 0 Å². The molecule has 0 amide bonds. The summed E-state index contributed by atoms with van der Waals surface area (Å²) >= 11 is 0. The summed E-state index contributed by atoms with van der Waals surface area (Å²) in [4.78, 5) is 10.8. The van der Waals surface area contributed by atoms with Gasteiger partial charge in [0.15, 0.2) is 0 Å². The molecule has 5 heteroatoms. The number of esters is 1. The van der Waals surface area contributed by atoms with Crippen molar-refractivity contribution in [2.24, 2.45) is 5.92 Å². The van der Waals surface area contributed by atoms with Crippen LogP contribution in [0.2, 0.25) is 0 Å². The molecular formula is C16H15F3O2. The van der Waals surface area contributed by atoms with E-state index in [2.05, 4.69) is 16.6 Å². The zero-order valence-corrected chi connectivity index (χ0v) is 11.3. The van der Waals surface area contributed by atoms with Gasteiger partial charge >= 0.3 is 12.1 Å². The molecule has 0 spiro atoms. The van der Waals surface area contributed by atoms with Gasteiger partial charge in [0.2, 0.25) is 0 Å². The molecule has 2 atom stereocenters. The molecule has 0 bridgehead atoms. The van der Waals surface area contributed by atoms with E-state index in [0.717, 1.165) is 12.0 Å². The van der Waals surface area contributed by atoms with E-state index in [-0.39, 0.29) is 5.92 Å². The first kappa shape index (κ1) is 15.4. The van der Waals surface area contributed by atoms with E-state index in [1.807, 2.05) is 30.3 Å². The first-order valence-electron chi connectivity index (χ1n) is 6.79. The van der Waals surface area contributed by atoms with Crippen LogP contribution in [-0.4, -0.2) is 18.2 Å². The van der Waals surface area contributed by atoms with Crippen molar-refractivity contribution in [1.29, 1.82) is 0 Å². The Hall–Kier alpha value is -1.96. The van der Waals surface area contributed by atoms with Crippen molar-refractivity contribution >= 4 is 5.97 Å². The predicted molar refractivity (Wildman–Crippen MR) is 71.2 cm³/mol. The molecule has 0 N–H and O–H groups in total. The number of benzene rings is 1. The second kappa shape index (κ2) is 6.66. The highest BCUT2D eigenvalue weighted by molar-refractivity contribution is 5.75. The third-order valence-corrected chi connectivity index (χ3v) is 3.33. The van der Waals surface area contributed by atoms with Gasteiger partial charge in [0, 0.05) is 11.5 Å². The molecule has 2 rings (SSSR count). The van der Waals surface area contributed by atoms with E-state index < -0.39 is 18.2 Å². The third-order valence-electron chi connectivity index (χ3n) is 3.33. The monoisotopic (exact) mass is 296 g/mol. The summed E-state index contributed by atoms with van der Waals surface area (Å²) in [6.45, 7) is 0. The van der Waals surface area contributed by atoms with Gasteiger partial charge in [-0.1, -0.05) is 30.0 Å². The topological polar surface area (TPSA) is 26.3 Å². The normalized spacial score (nSPS) is 22.0. The summed E-state index contributed by atoms with van der Waals surface area (Å²) in [6.07, 6.45) is -3.26. The molecule has 1 fully saturated rings. The Labute approximate surface area is 121 Å². The molecule has 1 aromatic rings. The van der Waals surface area contributed by atoms with Crippen molar-refractivity contribution in [3.63, 3.8) is 0 Å². The van der Waals surface area contributed by atoms with E-state index in [1.54, 1.807) is 0 Å². The molecule has 1 aromatic carbocycles. The highest BCUT2D eigenvalue weighted by atomic mass is 19.4. The average molecular weight is 296 g/mol. The number of carbonyl (C=O) groups excluding carboxylic acids is 1. The van der Waals surface area contributed by atoms with Crippen molar-refractivity contribution in [3.8, 4) is 11.8 Å². The van der Waals surface area contributed by atoms with E-state index in [1.165, 1.54) is 0 Å². The van der Waals surface area contributed by atoms with E-state index >= 15 is 0 Å². The van der Waals surface area contributed by atoms with Gasteiger partial charge in [0.25, 0.3) is 0 Å². The maximum atomic E-state index is 12.2. The standard InChI is InChI=1S/C16H15F3O2/c17-16(18,19)15(20)21-14-8-4-7-13(11-14)10-9-12-5-2-1-3-6-12/h1-3,5-6,13-14H,4,7-8,11H2. The van der Waals surface area contributed by atoms with Crippen LogP contribution in [0.15, 0.2) is 30.3 Å². The van der Waals surface area contributed by atoms with Crippen LogP contribution in [0.4, 0.5) is 13.2 Å². The molecule has 1 aliphatic rings. The lowest BCUT2D eigenvalue weighted by Crippen LogP contribution is -2.32. The van der Waals surface area contributed by atoms with Crippen molar-refractivity contribution in [1.82, 2.24) is 0 Å². The Kier molecular flexibility index (Phi) is 4.89. The fourth-order valence-corrected chi connectivity index (χ4v) is 2.31. The van der Waals surface area contributed by atoms with Crippen LogP contribution in [0.25, 0.3) is 0 Å². The van der Waals surface area contributed by atoms with Crippen LogP contribution in [0, 0.1) is 17.8 Å². The maximum Gasteiger partial charge on any atom is 0.490 e. The minimum Gasteiger partial charge on any atom is -0.456 e. The summed E-state index contributed by atoms with van der Waals surface area (Å²) in [7, 11) is 0. The summed E-state index contributed by atoms with van der Waals surface area (Å²) < 4.78 is 41.0. The summed E-state index contributed by atoms with van der Waals surface area (Å²) in [5, 5.41) is 0. The molecule has 0 aliphatic heterocycles. The lowest BCUT2D eigenvalue weighted by atomic mass is 9.87. The fourth-order valence-electron chi connectivity index (χ4n) is 2.31. The highest BCUT2D eigenvalue weighted by Gasteiger charge is 2.42. The predicted octanol–water partition coefficient (Wildman–Crippen LogP) is 3.70. The molecule has 112 valence electrons. The number of halogens is 3. The second-order valence-electron chi connectivity index (χ2n) is 5.02. The lowest BCUT2D eigenvalue weighted by molar-refractivity contribution is -0.206. The summed E-state index contributed by atoms with van der Waals surface area (Å²) in [5.41, 5.74) is 0.868. The van der Waals surface area contributed by atoms with Crippen LogP contribution in [0.1, 0.15) is 31.2 Å². The Bertz CT molecular complexity index is 540.